The molecule has 1 rings (SSSR count). The molecule has 1 aromatic rings. The van der Waals surface area contributed by atoms with Crippen LogP contribution in [-0.2, 0) is 0 Å². The van der Waals surface area contributed by atoms with Gasteiger partial charge in [-0.05, 0) is 36.6 Å². The second-order valence-corrected chi connectivity index (χ2v) is 5.24. The molecule has 1 aromatic carbocycles. The smallest absolute Gasteiger partial charge is 0.0362 e. The Morgan fingerprint density at radius 3 is 2.28 bits per heavy atom. The van der Waals surface area contributed by atoms with Crippen molar-refractivity contribution >= 4 is 11.4 Å². The predicted octanol–water partition coefficient (Wildman–Crippen LogP) is 4.38. The standard InChI is InChI=1S/C16H28N2/c1-5-7-8-14(6-2)13-17-15-9-11-16(12-10-15)18(3)4/h9-12,14,17H,5-8,13H2,1-4H3. The number of hydrogen-bond donors (Lipinski definition) is 1. The first-order valence-corrected chi connectivity index (χ1v) is 7.18. The van der Waals surface area contributed by atoms with Crippen LogP contribution < -0.4 is 10.2 Å². The van der Waals surface area contributed by atoms with Crippen molar-refractivity contribution in [3.8, 4) is 0 Å². The van der Waals surface area contributed by atoms with Gasteiger partial charge < -0.3 is 10.2 Å². The fraction of sp³-hybridized carbons (Fsp3) is 0.625. The number of unbranched alkanes of at least 4 members (excludes halogenated alkanes) is 1. The van der Waals surface area contributed by atoms with Crippen molar-refractivity contribution in [2.45, 2.75) is 39.5 Å². The number of nitrogens with zero attached hydrogens (tertiary/aromatic N) is 1. The van der Waals surface area contributed by atoms with E-state index >= 15 is 0 Å². The molecule has 1 atom stereocenters. The Balaban J connectivity index is 2.42. The average Bonchev–Trinajstić information content (AvgIpc) is 2.39. The third-order valence-corrected chi connectivity index (χ3v) is 3.52. The van der Waals surface area contributed by atoms with Crippen LogP contribution in [0.15, 0.2) is 24.3 Å². The van der Waals surface area contributed by atoms with Crippen LogP contribution in [0.1, 0.15) is 39.5 Å². The van der Waals surface area contributed by atoms with Crippen LogP contribution in [-0.4, -0.2) is 20.6 Å². The zero-order valence-electron chi connectivity index (χ0n) is 12.4. The van der Waals surface area contributed by atoms with Crippen molar-refractivity contribution in [1.82, 2.24) is 0 Å². The van der Waals surface area contributed by atoms with Gasteiger partial charge in [0.15, 0.2) is 0 Å². The summed E-state index contributed by atoms with van der Waals surface area (Å²) in [5, 5.41) is 3.55. The number of nitrogens with one attached hydrogen (secondary N) is 1. The molecule has 0 spiro atoms. The van der Waals surface area contributed by atoms with E-state index < -0.39 is 0 Å². The molecule has 0 bridgehead atoms. The Hall–Kier alpha value is -1.18. The minimum Gasteiger partial charge on any atom is -0.385 e. The molecule has 0 saturated heterocycles. The summed E-state index contributed by atoms with van der Waals surface area (Å²) < 4.78 is 0. The van der Waals surface area contributed by atoms with E-state index in [2.05, 4.69) is 62.4 Å². The van der Waals surface area contributed by atoms with Gasteiger partial charge in [0.25, 0.3) is 0 Å². The van der Waals surface area contributed by atoms with Crippen molar-refractivity contribution < 1.29 is 0 Å². The monoisotopic (exact) mass is 248 g/mol. The predicted molar refractivity (Wildman–Crippen MR) is 82.6 cm³/mol. The molecule has 1 N–H and O–H groups in total. The average molecular weight is 248 g/mol. The van der Waals surface area contributed by atoms with Gasteiger partial charge in [-0.15, -0.1) is 0 Å². The van der Waals surface area contributed by atoms with Crippen molar-refractivity contribution in [2.24, 2.45) is 5.92 Å². The zero-order valence-corrected chi connectivity index (χ0v) is 12.4. The van der Waals surface area contributed by atoms with Crippen LogP contribution in [0.3, 0.4) is 0 Å². The highest BCUT2D eigenvalue weighted by Crippen LogP contribution is 2.18. The van der Waals surface area contributed by atoms with Crippen molar-refractivity contribution in [3.05, 3.63) is 24.3 Å². The molecule has 0 aliphatic carbocycles. The molecule has 0 saturated carbocycles. The molecule has 2 nitrogen and oxygen atoms in total. The second-order valence-electron chi connectivity index (χ2n) is 5.24. The first kappa shape index (κ1) is 14.9. The summed E-state index contributed by atoms with van der Waals surface area (Å²) in [5.74, 6) is 0.804. The van der Waals surface area contributed by atoms with Crippen molar-refractivity contribution in [2.75, 3.05) is 30.9 Å². The lowest BCUT2D eigenvalue weighted by molar-refractivity contribution is 0.473. The molecular formula is C16H28N2. The van der Waals surface area contributed by atoms with Crippen LogP contribution in [0.4, 0.5) is 11.4 Å². The fourth-order valence-electron chi connectivity index (χ4n) is 2.08. The third kappa shape index (κ3) is 4.99. The lowest BCUT2D eigenvalue weighted by Gasteiger charge is -2.17. The van der Waals surface area contributed by atoms with Gasteiger partial charge in [-0.1, -0.05) is 33.1 Å². The molecule has 18 heavy (non-hydrogen) atoms. The minimum absolute atomic E-state index is 0.804. The number of benzene rings is 1. The molecule has 2 heteroatoms. The lowest BCUT2D eigenvalue weighted by atomic mass is 9.99. The highest BCUT2D eigenvalue weighted by molar-refractivity contribution is 5.54. The summed E-state index contributed by atoms with van der Waals surface area (Å²) in [7, 11) is 4.14. The molecule has 102 valence electrons. The Morgan fingerprint density at radius 2 is 1.78 bits per heavy atom. The van der Waals surface area contributed by atoms with Gasteiger partial charge in [-0.3, -0.25) is 0 Å². The van der Waals surface area contributed by atoms with Gasteiger partial charge in [0, 0.05) is 32.0 Å². The quantitative estimate of drug-likeness (QED) is 0.734. The van der Waals surface area contributed by atoms with Crippen molar-refractivity contribution in [3.63, 3.8) is 0 Å². The summed E-state index contributed by atoms with van der Waals surface area (Å²) in [6, 6.07) is 8.66. The Kier molecular flexibility index (Phi) is 6.63. The number of hydrogen-bond acceptors (Lipinski definition) is 2. The number of rotatable bonds is 8. The summed E-state index contributed by atoms with van der Waals surface area (Å²) in [6.07, 6.45) is 5.26. The fourth-order valence-corrected chi connectivity index (χ4v) is 2.08. The van der Waals surface area contributed by atoms with Crippen LogP contribution >= 0.6 is 0 Å². The molecule has 0 aromatic heterocycles. The van der Waals surface area contributed by atoms with Gasteiger partial charge in [-0.25, -0.2) is 0 Å². The highest BCUT2D eigenvalue weighted by Gasteiger charge is 2.05. The van der Waals surface area contributed by atoms with Crippen molar-refractivity contribution in [1.29, 1.82) is 0 Å². The van der Waals surface area contributed by atoms with Gasteiger partial charge in [0.1, 0.15) is 0 Å². The third-order valence-electron chi connectivity index (χ3n) is 3.52. The van der Waals surface area contributed by atoms with E-state index in [1.54, 1.807) is 0 Å². The van der Waals surface area contributed by atoms with E-state index in [9.17, 15) is 0 Å². The molecule has 0 aliphatic heterocycles. The first-order chi connectivity index (χ1) is 8.67. The largest absolute Gasteiger partial charge is 0.385 e. The summed E-state index contributed by atoms with van der Waals surface area (Å²) >= 11 is 0. The molecule has 0 fully saturated rings. The Labute approximate surface area is 112 Å². The van der Waals surface area contributed by atoms with E-state index in [1.807, 2.05) is 0 Å². The molecule has 0 aliphatic rings. The van der Waals surface area contributed by atoms with Gasteiger partial charge in [0.2, 0.25) is 0 Å². The van der Waals surface area contributed by atoms with Crippen LogP contribution in [0, 0.1) is 5.92 Å². The van der Waals surface area contributed by atoms with E-state index in [4.69, 9.17) is 0 Å². The lowest BCUT2D eigenvalue weighted by Crippen LogP contribution is -2.14. The highest BCUT2D eigenvalue weighted by atomic mass is 15.1. The maximum Gasteiger partial charge on any atom is 0.0362 e. The Morgan fingerprint density at radius 1 is 1.11 bits per heavy atom. The van der Waals surface area contributed by atoms with E-state index in [0.717, 1.165) is 12.5 Å². The van der Waals surface area contributed by atoms with Crippen LogP contribution in [0.5, 0.6) is 0 Å². The van der Waals surface area contributed by atoms with E-state index in [-0.39, 0.29) is 0 Å². The summed E-state index contributed by atoms with van der Waals surface area (Å²) in [6.45, 7) is 5.65. The van der Waals surface area contributed by atoms with Gasteiger partial charge >= 0.3 is 0 Å². The molecule has 0 radical (unpaired) electrons. The Bertz CT molecular complexity index is 316. The zero-order chi connectivity index (χ0) is 13.4. The van der Waals surface area contributed by atoms with E-state index in [1.165, 1.54) is 37.1 Å². The topological polar surface area (TPSA) is 15.3 Å². The van der Waals surface area contributed by atoms with Crippen LogP contribution in [0.2, 0.25) is 0 Å². The molecular weight excluding hydrogens is 220 g/mol. The maximum atomic E-state index is 3.55. The molecule has 1 unspecified atom stereocenters. The second kappa shape index (κ2) is 8.02. The van der Waals surface area contributed by atoms with Gasteiger partial charge in [0.05, 0.1) is 0 Å². The van der Waals surface area contributed by atoms with Crippen LogP contribution in [0.25, 0.3) is 0 Å². The summed E-state index contributed by atoms with van der Waals surface area (Å²) in [4.78, 5) is 2.12. The first-order valence-electron chi connectivity index (χ1n) is 7.18. The molecule has 0 amide bonds. The number of anilines is 2. The minimum atomic E-state index is 0.804. The van der Waals surface area contributed by atoms with Gasteiger partial charge in [-0.2, -0.15) is 0 Å². The molecule has 0 heterocycles. The maximum absolute atomic E-state index is 3.55. The summed E-state index contributed by atoms with van der Waals surface area (Å²) in [5.41, 5.74) is 2.48. The van der Waals surface area contributed by atoms with E-state index in [0.29, 0.717) is 0 Å². The SMILES string of the molecule is CCCCC(CC)CNc1ccc(N(C)C)cc1. The normalized spacial score (nSPS) is 12.2.